The Balaban J connectivity index is 2.00. The first-order chi connectivity index (χ1) is 9.60. The number of halogens is 2. The average Bonchev–Trinajstić information content (AvgIpc) is 2.48. The van der Waals surface area contributed by atoms with Crippen molar-refractivity contribution in [1.82, 2.24) is 5.32 Å². The highest BCUT2D eigenvalue weighted by Crippen LogP contribution is 2.20. The maximum absolute atomic E-state index is 13.1. The van der Waals surface area contributed by atoms with E-state index in [1.807, 2.05) is 24.3 Å². The molecule has 2 rings (SSSR count). The number of rotatable bonds is 5. The summed E-state index contributed by atoms with van der Waals surface area (Å²) in [4.78, 5) is 0. The highest BCUT2D eigenvalue weighted by Gasteiger charge is 2.07. The quantitative estimate of drug-likeness (QED) is 0.885. The van der Waals surface area contributed by atoms with E-state index in [4.69, 9.17) is 16.3 Å². The van der Waals surface area contributed by atoms with E-state index < -0.39 is 5.82 Å². The van der Waals surface area contributed by atoms with Crippen molar-refractivity contribution in [3.63, 3.8) is 0 Å². The molecule has 2 aromatic carbocycles. The molecular weight excluding hydrogens is 277 g/mol. The molecule has 0 fully saturated rings. The molecule has 0 saturated carbocycles. The van der Waals surface area contributed by atoms with Crippen LogP contribution in [0.1, 0.15) is 24.1 Å². The fraction of sp³-hybridized carbons (Fsp3) is 0.250. The first-order valence-corrected chi connectivity index (χ1v) is 6.79. The Morgan fingerprint density at radius 3 is 2.75 bits per heavy atom. The Morgan fingerprint density at radius 1 is 1.25 bits per heavy atom. The lowest BCUT2D eigenvalue weighted by atomic mass is 10.1. The fourth-order valence-corrected chi connectivity index (χ4v) is 2.15. The zero-order chi connectivity index (χ0) is 14.5. The first kappa shape index (κ1) is 14.8. The molecule has 20 heavy (non-hydrogen) atoms. The van der Waals surface area contributed by atoms with Crippen LogP contribution in [0.4, 0.5) is 4.39 Å². The standard InChI is InChI=1S/C16H17ClFNO/c1-11(13-4-3-5-14(9-13)20-2)19-10-12-6-7-16(18)15(17)8-12/h3-9,11,19H,10H2,1-2H3/t11-/m1/s1. The minimum absolute atomic E-state index is 0.151. The second kappa shape index (κ2) is 6.73. The zero-order valence-electron chi connectivity index (χ0n) is 11.5. The Bertz CT molecular complexity index is 588. The maximum Gasteiger partial charge on any atom is 0.141 e. The third-order valence-electron chi connectivity index (χ3n) is 3.19. The molecule has 0 aliphatic rings. The second-order valence-electron chi connectivity index (χ2n) is 4.63. The van der Waals surface area contributed by atoms with Crippen molar-refractivity contribution in [1.29, 1.82) is 0 Å². The molecule has 0 unspecified atom stereocenters. The van der Waals surface area contributed by atoms with E-state index in [1.165, 1.54) is 6.07 Å². The molecule has 0 saturated heterocycles. The fourth-order valence-electron chi connectivity index (χ4n) is 1.95. The maximum atomic E-state index is 13.1. The van der Waals surface area contributed by atoms with Crippen molar-refractivity contribution in [2.75, 3.05) is 7.11 Å². The Hall–Kier alpha value is -1.58. The molecule has 0 radical (unpaired) electrons. The topological polar surface area (TPSA) is 21.3 Å². The van der Waals surface area contributed by atoms with Crippen LogP contribution in [0.2, 0.25) is 5.02 Å². The highest BCUT2D eigenvalue weighted by molar-refractivity contribution is 6.30. The predicted octanol–water partition coefficient (Wildman–Crippen LogP) is 4.34. The van der Waals surface area contributed by atoms with Gasteiger partial charge in [-0.1, -0.05) is 29.8 Å². The normalized spacial score (nSPS) is 12.2. The molecular formula is C16H17ClFNO. The van der Waals surface area contributed by atoms with Crippen LogP contribution < -0.4 is 10.1 Å². The molecule has 2 nitrogen and oxygen atoms in total. The summed E-state index contributed by atoms with van der Waals surface area (Å²) in [6.45, 7) is 2.69. The molecule has 0 spiro atoms. The van der Waals surface area contributed by atoms with Gasteiger partial charge in [0.25, 0.3) is 0 Å². The van der Waals surface area contributed by atoms with Crippen LogP contribution in [0.3, 0.4) is 0 Å². The highest BCUT2D eigenvalue weighted by atomic mass is 35.5. The number of methoxy groups -OCH3 is 1. The summed E-state index contributed by atoms with van der Waals surface area (Å²) in [5.74, 6) is 0.442. The Labute approximate surface area is 123 Å². The summed E-state index contributed by atoms with van der Waals surface area (Å²) >= 11 is 5.77. The van der Waals surface area contributed by atoms with E-state index in [9.17, 15) is 4.39 Å². The minimum Gasteiger partial charge on any atom is -0.497 e. The van der Waals surface area contributed by atoms with Gasteiger partial charge in [-0.25, -0.2) is 4.39 Å². The Morgan fingerprint density at radius 2 is 2.05 bits per heavy atom. The van der Waals surface area contributed by atoms with Gasteiger partial charge in [-0.3, -0.25) is 0 Å². The lowest BCUT2D eigenvalue weighted by Gasteiger charge is -2.15. The number of nitrogens with one attached hydrogen (secondary N) is 1. The van der Waals surface area contributed by atoms with E-state index in [1.54, 1.807) is 19.2 Å². The smallest absolute Gasteiger partial charge is 0.141 e. The van der Waals surface area contributed by atoms with Gasteiger partial charge in [0.1, 0.15) is 11.6 Å². The molecule has 4 heteroatoms. The molecule has 0 aliphatic heterocycles. The summed E-state index contributed by atoms with van der Waals surface area (Å²) in [6, 6.07) is 12.8. The first-order valence-electron chi connectivity index (χ1n) is 6.41. The largest absolute Gasteiger partial charge is 0.497 e. The number of benzene rings is 2. The van der Waals surface area contributed by atoms with E-state index >= 15 is 0 Å². The molecule has 0 amide bonds. The van der Waals surface area contributed by atoms with Gasteiger partial charge in [-0.15, -0.1) is 0 Å². The summed E-state index contributed by atoms with van der Waals surface area (Å²) < 4.78 is 18.3. The molecule has 0 bridgehead atoms. The van der Waals surface area contributed by atoms with E-state index in [-0.39, 0.29) is 11.1 Å². The molecule has 1 atom stereocenters. The summed E-state index contributed by atoms with van der Waals surface area (Å²) in [6.07, 6.45) is 0. The van der Waals surface area contributed by atoms with Gasteiger partial charge >= 0.3 is 0 Å². The SMILES string of the molecule is COc1cccc([C@@H](C)NCc2ccc(F)c(Cl)c2)c1. The van der Waals surface area contributed by atoms with Crippen molar-refractivity contribution >= 4 is 11.6 Å². The van der Waals surface area contributed by atoms with Crippen molar-refractivity contribution in [2.24, 2.45) is 0 Å². The van der Waals surface area contributed by atoms with Crippen LogP contribution >= 0.6 is 11.6 Å². The van der Waals surface area contributed by atoms with Crippen LogP contribution in [0.5, 0.6) is 5.75 Å². The monoisotopic (exact) mass is 293 g/mol. The van der Waals surface area contributed by atoms with Gasteiger partial charge in [0.2, 0.25) is 0 Å². The van der Waals surface area contributed by atoms with Crippen LogP contribution in [-0.4, -0.2) is 7.11 Å². The van der Waals surface area contributed by atoms with Crippen LogP contribution in [0.15, 0.2) is 42.5 Å². The minimum atomic E-state index is -0.392. The molecule has 1 N–H and O–H groups in total. The summed E-state index contributed by atoms with van der Waals surface area (Å²) in [5, 5.41) is 3.53. The van der Waals surface area contributed by atoms with Crippen molar-refractivity contribution in [3.8, 4) is 5.75 Å². The van der Waals surface area contributed by atoms with Gasteiger partial charge in [0.05, 0.1) is 12.1 Å². The number of ether oxygens (including phenoxy) is 1. The van der Waals surface area contributed by atoms with E-state index in [2.05, 4.69) is 12.2 Å². The van der Waals surface area contributed by atoms with E-state index in [0.717, 1.165) is 16.9 Å². The second-order valence-corrected chi connectivity index (χ2v) is 5.03. The van der Waals surface area contributed by atoms with Gasteiger partial charge in [0, 0.05) is 12.6 Å². The third-order valence-corrected chi connectivity index (χ3v) is 3.48. The Kier molecular flexibility index (Phi) is 4.99. The van der Waals surface area contributed by atoms with Crippen LogP contribution in [-0.2, 0) is 6.54 Å². The van der Waals surface area contributed by atoms with Gasteiger partial charge in [0.15, 0.2) is 0 Å². The zero-order valence-corrected chi connectivity index (χ0v) is 12.2. The predicted molar refractivity (Wildman–Crippen MR) is 79.7 cm³/mol. The van der Waals surface area contributed by atoms with Crippen molar-refractivity contribution in [2.45, 2.75) is 19.5 Å². The van der Waals surface area contributed by atoms with Gasteiger partial charge < -0.3 is 10.1 Å². The molecule has 0 aromatic heterocycles. The molecule has 0 aliphatic carbocycles. The lowest BCUT2D eigenvalue weighted by Crippen LogP contribution is -2.18. The average molecular weight is 294 g/mol. The van der Waals surface area contributed by atoms with Gasteiger partial charge in [-0.05, 0) is 42.3 Å². The van der Waals surface area contributed by atoms with Crippen LogP contribution in [0.25, 0.3) is 0 Å². The third kappa shape index (κ3) is 3.71. The molecule has 0 heterocycles. The molecule has 106 valence electrons. The number of hydrogen-bond donors (Lipinski definition) is 1. The summed E-state index contributed by atoms with van der Waals surface area (Å²) in [7, 11) is 1.65. The van der Waals surface area contributed by atoms with Crippen molar-refractivity contribution in [3.05, 3.63) is 64.4 Å². The van der Waals surface area contributed by atoms with Crippen molar-refractivity contribution < 1.29 is 9.13 Å². The van der Waals surface area contributed by atoms with Crippen LogP contribution in [0, 0.1) is 5.82 Å². The summed E-state index contributed by atoms with van der Waals surface area (Å²) in [5.41, 5.74) is 2.09. The van der Waals surface area contributed by atoms with E-state index in [0.29, 0.717) is 6.54 Å². The number of hydrogen-bond acceptors (Lipinski definition) is 2. The van der Waals surface area contributed by atoms with Gasteiger partial charge in [-0.2, -0.15) is 0 Å². The lowest BCUT2D eigenvalue weighted by molar-refractivity contribution is 0.413. The molecule has 2 aromatic rings.